The fourth-order valence-electron chi connectivity index (χ4n) is 2.36. The van der Waals surface area contributed by atoms with Gasteiger partial charge in [-0.2, -0.15) is 5.10 Å². The van der Waals surface area contributed by atoms with Gasteiger partial charge < -0.3 is 15.2 Å². The summed E-state index contributed by atoms with van der Waals surface area (Å²) >= 11 is 0. The molecule has 1 atom stereocenters. The van der Waals surface area contributed by atoms with Gasteiger partial charge in [-0.05, 0) is 13.0 Å². The molecule has 0 bridgehead atoms. The van der Waals surface area contributed by atoms with E-state index in [1.54, 1.807) is 18.8 Å². The summed E-state index contributed by atoms with van der Waals surface area (Å²) in [5.41, 5.74) is 1.75. The molecule has 0 spiro atoms. The molecule has 0 saturated heterocycles. The van der Waals surface area contributed by atoms with E-state index in [0.717, 1.165) is 23.4 Å². The number of methoxy groups -OCH3 is 1. The van der Waals surface area contributed by atoms with Gasteiger partial charge in [0.1, 0.15) is 11.6 Å². The monoisotopic (exact) mass is 311 g/mol. The summed E-state index contributed by atoms with van der Waals surface area (Å²) in [5.74, 6) is -0.797. The molecule has 2 aromatic rings. The van der Waals surface area contributed by atoms with Crippen LogP contribution in [0.2, 0.25) is 0 Å². The van der Waals surface area contributed by atoms with Crippen LogP contribution in [0.3, 0.4) is 0 Å². The average molecular weight is 311 g/mol. The van der Waals surface area contributed by atoms with Crippen molar-refractivity contribution in [3.05, 3.63) is 46.7 Å². The first-order valence-corrected chi connectivity index (χ1v) is 6.84. The van der Waals surface area contributed by atoms with Gasteiger partial charge in [0.25, 0.3) is 0 Å². The lowest BCUT2D eigenvalue weighted by Gasteiger charge is -2.13. The van der Waals surface area contributed by atoms with Crippen molar-refractivity contribution in [3.8, 4) is 5.88 Å². The lowest BCUT2D eigenvalue weighted by molar-refractivity contribution is 0.169. The highest BCUT2D eigenvalue weighted by atomic mass is 19.1. The fraction of sp³-hybridized carbons (Fsp3) is 0.400. The highest BCUT2D eigenvalue weighted by molar-refractivity contribution is 5.30. The normalized spacial score (nSPS) is 12.5. The second-order valence-electron chi connectivity index (χ2n) is 5.01. The Hall–Kier alpha value is -1.99. The van der Waals surface area contributed by atoms with Gasteiger partial charge in [-0.3, -0.25) is 0 Å². The van der Waals surface area contributed by atoms with Gasteiger partial charge in [-0.15, -0.1) is 0 Å². The highest BCUT2D eigenvalue weighted by Crippen LogP contribution is 2.21. The SMILES string of the molecule is COc1c(CNC[C@H](O)c2ccc(F)cc2F)c(C)nn1C. The molecular formula is C15H19F2N3O2. The third kappa shape index (κ3) is 3.42. The number of hydrogen-bond donors (Lipinski definition) is 2. The van der Waals surface area contributed by atoms with Gasteiger partial charge in [-0.25, -0.2) is 13.5 Å². The first-order chi connectivity index (χ1) is 10.4. The van der Waals surface area contributed by atoms with Crippen molar-refractivity contribution in [1.29, 1.82) is 0 Å². The molecule has 0 unspecified atom stereocenters. The van der Waals surface area contributed by atoms with Crippen LogP contribution in [-0.4, -0.2) is 28.5 Å². The van der Waals surface area contributed by atoms with Crippen molar-refractivity contribution in [2.24, 2.45) is 7.05 Å². The minimum Gasteiger partial charge on any atom is -0.481 e. The number of ether oxygens (including phenoxy) is 1. The van der Waals surface area contributed by atoms with Crippen LogP contribution in [0.5, 0.6) is 5.88 Å². The van der Waals surface area contributed by atoms with Gasteiger partial charge in [0, 0.05) is 31.8 Å². The van der Waals surface area contributed by atoms with Crippen LogP contribution in [0.15, 0.2) is 18.2 Å². The van der Waals surface area contributed by atoms with Crippen molar-refractivity contribution < 1.29 is 18.6 Å². The molecule has 2 N–H and O–H groups in total. The first kappa shape index (κ1) is 16.4. The van der Waals surface area contributed by atoms with Crippen molar-refractivity contribution in [2.45, 2.75) is 19.6 Å². The van der Waals surface area contributed by atoms with E-state index in [1.807, 2.05) is 6.92 Å². The maximum Gasteiger partial charge on any atom is 0.216 e. The van der Waals surface area contributed by atoms with Gasteiger partial charge in [0.05, 0.1) is 24.5 Å². The number of nitrogens with zero attached hydrogens (tertiary/aromatic N) is 2. The van der Waals surface area contributed by atoms with E-state index in [4.69, 9.17) is 4.74 Å². The Balaban J connectivity index is 1.99. The zero-order chi connectivity index (χ0) is 16.3. The van der Waals surface area contributed by atoms with Gasteiger partial charge >= 0.3 is 0 Å². The Morgan fingerprint density at radius 2 is 2.14 bits per heavy atom. The Morgan fingerprint density at radius 1 is 1.41 bits per heavy atom. The molecule has 5 nitrogen and oxygen atoms in total. The quantitative estimate of drug-likeness (QED) is 0.854. The van der Waals surface area contributed by atoms with Crippen molar-refractivity contribution >= 4 is 0 Å². The van der Waals surface area contributed by atoms with Crippen LogP contribution in [0.4, 0.5) is 8.78 Å². The van der Waals surface area contributed by atoms with E-state index < -0.39 is 17.7 Å². The Morgan fingerprint density at radius 3 is 2.77 bits per heavy atom. The lowest BCUT2D eigenvalue weighted by Crippen LogP contribution is -2.22. The Bertz CT molecular complexity index is 658. The van der Waals surface area contributed by atoms with Gasteiger partial charge in [0.2, 0.25) is 5.88 Å². The topological polar surface area (TPSA) is 59.3 Å². The van der Waals surface area contributed by atoms with Crippen molar-refractivity contribution in [1.82, 2.24) is 15.1 Å². The highest BCUT2D eigenvalue weighted by Gasteiger charge is 2.16. The molecule has 0 fully saturated rings. The predicted octanol–water partition coefficient (Wildman–Crippen LogP) is 1.84. The summed E-state index contributed by atoms with van der Waals surface area (Å²) in [6.45, 7) is 2.40. The zero-order valence-corrected chi connectivity index (χ0v) is 12.7. The van der Waals surface area contributed by atoms with Gasteiger partial charge in [0.15, 0.2) is 0 Å². The number of hydrogen-bond acceptors (Lipinski definition) is 4. The number of aliphatic hydroxyl groups is 1. The minimum absolute atomic E-state index is 0.0590. The summed E-state index contributed by atoms with van der Waals surface area (Å²) in [6, 6.07) is 3.12. The molecule has 0 aliphatic carbocycles. The molecule has 0 amide bonds. The molecular weight excluding hydrogens is 292 g/mol. The van der Waals surface area contributed by atoms with E-state index >= 15 is 0 Å². The zero-order valence-electron chi connectivity index (χ0n) is 12.7. The molecule has 0 saturated carbocycles. The molecule has 1 aromatic heterocycles. The third-order valence-electron chi connectivity index (χ3n) is 3.44. The van der Waals surface area contributed by atoms with Gasteiger partial charge in [-0.1, -0.05) is 6.07 Å². The Kier molecular flexibility index (Phi) is 5.10. The summed E-state index contributed by atoms with van der Waals surface area (Å²) in [4.78, 5) is 0. The summed E-state index contributed by atoms with van der Waals surface area (Å²) in [6.07, 6.45) is -1.07. The second-order valence-corrected chi connectivity index (χ2v) is 5.01. The first-order valence-electron chi connectivity index (χ1n) is 6.84. The summed E-state index contributed by atoms with van der Waals surface area (Å²) in [7, 11) is 3.33. The average Bonchev–Trinajstić information content (AvgIpc) is 2.72. The van der Waals surface area contributed by atoms with E-state index in [1.165, 1.54) is 6.07 Å². The smallest absolute Gasteiger partial charge is 0.216 e. The molecule has 1 aromatic carbocycles. The molecule has 22 heavy (non-hydrogen) atoms. The number of nitrogens with one attached hydrogen (secondary N) is 1. The van der Waals surface area contributed by atoms with Crippen molar-refractivity contribution in [3.63, 3.8) is 0 Å². The summed E-state index contributed by atoms with van der Waals surface area (Å²) in [5, 5.41) is 17.3. The molecule has 120 valence electrons. The molecule has 0 aliphatic heterocycles. The minimum atomic E-state index is -1.07. The van der Waals surface area contributed by atoms with Crippen LogP contribution < -0.4 is 10.1 Å². The van der Waals surface area contributed by atoms with E-state index in [-0.39, 0.29) is 12.1 Å². The number of aryl methyl sites for hydroxylation is 2. The Labute approximate surface area is 127 Å². The number of benzene rings is 1. The lowest BCUT2D eigenvalue weighted by atomic mass is 10.1. The maximum absolute atomic E-state index is 13.6. The van der Waals surface area contributed by atoms with Crippen LogP contribution in [-0.2, 0) is 13.6 Å². The number of aromatic nitrogens is 2. The number of rotatable bonds is 6. The van der Waals surface area contributed by atoms with E-state index in [2.05, 4.69) is 10.4 Å². The molecule has 0 aliphatic rings. The van der Waals surface area contributed by atoms with Crippen LogP contribution >= 0.6 is 0 Å². The second kappa shape index (κ2) is 6.85. The number of aliphatic hydroxyl groups excluding tert-OH is 1. The van der Waals surface area contributed by atoms with E-state index in [0.29, 0.717) is 12.4 Å². The molecule has 2 rings (SSSR count). The van der Waals surface area contributed by atoms with Crippen molar-refractivity contribution in [2.75, 3.05) is 13.7 Å². The van der Waals surface area contributed by atoms with Crippen LogP contribution in [0.25, 0.3) is 0 Å². The fourth-order valence-corrected chi connectivity index (χ4v) is 2.36. The number of halogens is 2. The molecule has 1 heterocycles. The third-order valence-corrected chi connectivity index (χ3v) is 3.44. The molecule has 7 heteroatoms. The van der Waals surface area contributed by atoms with Crippen LogP contribution in [0.1, 0.15) is 22.9 Å². The molecule has 0 radical (unpaired) electrons. The van der Waals surface area contributed by atoms with Crippen LogP contribution in [0, 0.1) is 18.6 Å². The predicted molar refractivity (Wildman–Crippen MR) is 77.5 cm³/mol. The maximum atomic E-state index is 13.6. The largest absolute Gasteiger partial charge is 0.481 e. The standard InChI is InChI=1S/C15H19F2N3O2/c1-9-12(15(22-3)20(2)19-9)7-18-8-14(21)11-5-4-10(16)6-13(11)17/h4-6,14,18,21H,7-8H2,1-3H3/t14-/m0/s1. The van der Waals surface area contributed by atoms with E-state index in [9.17, 15) is 13.9 Å². The summed E-state index contributed by atoms with van der Waals surface area (Å²) < 4.78 is 33.3.